The molecule has 1 aromatic rings. The van der Waals surface area contributed by atoms with Crippen molar-refractivity contribution in [3.05, 3.63) is 29.8 Å². The Labute approximate surface area is 115 Å². The number of halogens is 3. The summed E-state index contributed by atoms with van der Waals surface area (Å²) >= 11 is 0. The Morgan fingerprint density at radius 2 is 2.15 bits per heavy atom. The summed E-state index contributed by atoms with van der Waals surface area (Å²) in [5, 5.41) is 3.11. The number of anilines is 1. The standard InChI is InChI=1S/C14H17F3N2O/c1-2-7-18-12-6-8-19(13(12)20)11-5-3-4-10(9-11)14(15,16)17/h3-5,9,12,18H,2,6-8H2,1H3. The number of amides is 1. The lowest BCUT2D eigenvalue weighted by Crippen LogP contribution is -2.38. The summed E-state index contributed by atoms with van der Waals surface area (Å²) in [5.74, 6) is -0.155. The predicted octanol–water partition coefficient (Wildman–Crippen LogP) is 2.81. The molecule has 1 saturated heterocycles. The number of nitrogens with zero attached hydrogens (tertiary/aromatic N) is 1. The van der Waals surface area contributed by atoms with Crippen molar-refractivity contribution in [1.29, 1.82) is 0 Å². The highest BCUT2D eigenvalue weighted by Gasteiger charge is 2.34. The van der Waals surface area contributed by atoms with Gasteiger partial charge in [-0.15, -0.1) is 0 Å². The fourth-order valence-electron chi connectivity index (χ4n) is 2.29. The van der Waals surface area contributed by atoms with Crippen LogP contribution in [0.2, 0.25) is 0 Å². The van der Waals surface area contributed by atoms with E-state index in [0.29, 0.717) is 18.7 Å². The Balaban J connectivity index is 2.15. The SMILES string of the molecule is CCCNC1CCN(c2cccc(C(F)(F)F)c2)C1=O. The summed E-state index contributed by atoms with van der Waals surface area (Å²) in [6.07, 6.45) is -2.86. The van der Waals surface area contributed by atoms with Crippen LogP contribution >= 0.6 is 0 Å². The summed E-state index contributed by atoms with van der Waals surface area (Å²) < 4.78 is 38.0. The number of hydrogen-bond donors (Lipinski definition) is 1. The van der Waals surface area contributed by atoms with E-state index < -0.39 is 11.7 Å². The Hall–Kier alpha value is -1.56. The van der Waals surface area contributed by atoms with E-state index in [1.54, 1.807) is 0 Å². The first kappa shape index (κ1) is 14.8. The lowest BCUT2D eigenvalue weighted by molar-refractivity contribution is -0.137. The minimum atomic E-state index is -4.39. The van der Waals surface area contributed by atoms with E-state index in [-0.39, 0.29) is 11.9 Å². The van der Waals surface area contributed by atoms with E-state index in [4.69, 9.17) is 0 Å². The third-order valence-corrected chi connectivity index (χ3v) is 3.33. The molecular formula is C14H17F3N2O. The minimum absolute atomic E-state index is 0.155. The Bertz CT molecular complexity index is 488. The van der Waals surface area contributed by atoms with Crippen LogP contribution in [0.3, 0.4) is 0 Å². The molecule has 6 heteroatoms. The highest BCUT2D eigenvalue weighted by atomic mass is 19.4. The zero-order chi connectivity index (χ0) is 14.8. The molecular weight excluding hydrogens is 269 g/mol. The predicted molar refractivity (Wildman–Crippen MR) is 70.5 cm³/mol. The van der Waals surface area contributed by atoms with E-state index in [1.165, 1.54) is 17.0 Å². The molecule has 0 saturated carbocycles. The number of alkyl halides is 3. The van der Waals surface area contributed by atoms with Crippen molar-refractivity contribution in [2.24, 2.45) is 0 Å². The topological polar surface area (TPSA) is 32.3 Å². The molecule has 1 aromatic carbocycles. The monoisotopic (exact) mass is 286 g/mol. The molecule has 1 aliphatic rings. The van der Waals surface area contributed by atoms with Crippen molar-refractivity contribution in [3.8, 4) is 0 Å². The number of nitrogens with one attached hydrogen (secondary N) is 1. The molecule has 1 amide bonds. The van der Waals surface area contributed by atoms with Crippen molar-refractivity contribution in [2.75, 3.05) is 18.0 Å². The summed E-state index contributed by atoms with van der Waals surface area (Å²) in [6, 6.07) is 4.62. The summed E-state index contributed by atoms with van der Waals surface area (Å²) in [7, 11) is 0. The second-order valence-electron chi connectivity index (χ2n) is 4.83. The van der Waals surface area contributed by atoms with Crippen LogP contribution in [0.15, 0.2) is 24.3 Å². The molecule has 0 aromatic heterocycles. The largest absolute Gasteiger partial charge is 0.416 e. The zero-order valence-corrected chi connectivity index (χ0v) is 11.2. The van der Waals surface area contributed by atoms with E-state index in [9.17, 15) is 18.0 Å². The number of carbonyl (C=O) groups excluding carboxylic acids is 1. The van der Waals surface area contributed by atoms with Crippen molar-refractivity contribution >= 4 is 11.6 Å². The van der Waals surface area contributed by atoms with Crippen LogP contribution in [-0.2, 0) is 11.0 Å². The van der Waals surface area contributed by atoms with Crippen LogP contribution in [0, 0.1) is 0 Å². The summed E-state index contributed by atoms with van der Waals surface area (Å²) in [4.78, 5) is 13.6. The number of carbonyl (C=O) groups is 1. The maximum atomic E-state index is 12.7. The maximum absolute atomic E-state index is 12.7. The third kappa shape index (κ3) is 3.12. The smallest absolute Gasteiger partial charge is 0.311 e. The molecule has 1 fully saturated rings. The number of benzene rings is 1. The lowest BCUT2D eigenvalue weighted by Gasteiger charge is -2.18. The normalized spacial score (nSPS) is 19.7. The van der Waals surface area contributed by atoms with E-state index in [2.05, 4.69) is 5.32 Å². The van der Waals surface area contributed by atoms with E-state index in [0.717, 1.165) is 25.1 Å². The van der Waals surface area contributed by atoms with Crippen LogP contribution in [-0.4, -0.2) is 25.0 Å². The molecule has 3 nitrogen and oxygen atoms in total. The van der Waals surface area contributed by atoms with Crippen LogP contribution in [0.5, 0.6) is 0 Å². The average molecular weight is 286 g/mol. The average Bonchev–Trinajstić information content (AvgIpc) is 2.77. The molecule has 0 radical (unpaired) electrons. The number of rotatable bonds is 4. The number of hydrogen-bond acceptors (Lipinski definition) is 2. The van der Waals surface area contributed by atoms with Crippen molar-refractivity contribution in [3.63, 3.8) is 0 Å². The van der Waals surface area contributed by atoms with Crippen LogP contribution in [0.25, 0.3) is 0 Å². The van der Waals surface area contributed by atoms with Gasteiger partial charge in [-0.1, -0.05) is 13.0 Å². The highest BCUT2D eigenvalue weighted by molar-refractivity contribution is 5.99. The van der Waals surface area contributed by atoms with Crippen LogP contribution in [0.1, 0.15) is 25.3 Å². The van der Waals surface area contributed by atoms with Gasteiger partial charge in [-0.05, 0) is 37.6 Å². The van der Waals surface area contributed by atoms with Gasteiger partial charge in [0.1, 0.15) is 0 Å². The van der Waals surface area contributed by atoms with Crippen molar-refractivity contribution < 1.29 is 18.0 Å². The Morgan fingerprint density at radius 3 is 2.80 bits per heavy atom. The molecule has 1 aliphatic heterocycles. The second-order valence-corrected chi connectivity index (χ2v) is 4.83. The molecule has 1 atom stereocenters. The van der Waals surface area contributed by atoms with Gasteiger partial charge in [0.15, 0.2) is 0 Å². The quantitative estimate of drug-likeness (QED) is 0.923. The zero-order valence-electron chi connectivity index (χ0n) is 11.2. The second kappa shape index (κ2) is 5.83. The van der Waals surface area contributed by atoms with Gasteiger partial charge in [-0.25, -0.2) is 0 Å². The summed E-state index contributed by atoms with van der Waals surface area (Å²) in [5.41, 5.74) is -0.418. The van der Waals surface area contributed by atoms with Crippen LogP contribution in [0.4, 0.5) is 18.9 Å². The molecule has 110 valence electrons. The molecule has 2 rings (SSSR count). The fraction of sp³-hybridized carbons (Fsp3) is 0.500. The lowest BCUT2D eigenvalue weighted by atomic mass is 10.2. The van der Waals surface area contributed by atoms with E-state index >= 15 is 0 Å². The maximum Gasteiger partial charge on any atom is 0.416 e. The first-order valence-electron chi connectivity index (χ1n) is 6.65. The van der Waals surface area contributed by atoms with Gasteiger partial charge in [-0.2, -0.15) is 13.2 Å². The van der Waals surface area contributed by atoms with Gasteiger partial charge < -0.3 is 10.2 Å². The molecule has 1 N–H and O–H groups in total. The summed E-state index contributed by atoms with van der Waals surface area (Å²) in [6.45, 7) is 3.17. The molecule has 1 unspecified atom stereocenters. The Morgan fingerprint density at radius 1 is 1.40 bits per heavy atom. The van der Waals surface area contributed by atoms with E-state index in [1.807, 2.05) is 6.92 Å². The van der Waals surface area contributed by atoms with Gasteiger partial charge in [0.25, 0.3) is 0 Å². The Kier molecular flexibility index (Phi) is 4.32. The van der Waals surface area contributed by atoms with Gasteiger partial charge in [0, 0.05) is 12.2 Å². The molecule has 0 spiro atoms. The third-order valence-electron chi connectivity index (χ3n) is 3.33. The molecule has 0 aliphatic carbocycles. The molecule has 1 heterocycles. The van der Waals surface area contributed by atoms with Crippen molar-refractivity contribution in [2.45, 2.75) is 32.0 Å². The fourth-order valence-corrected chi connectivity index (χ4v) is 2.29. The van der Waals surface area contributed by atoms with Crippen LogP contribution < -0.4 is 10.2 Å². The first-order chi connectivity index (χ1) is 9.43. The van der Waals surface area contributed by atoms with Gasteiger partial charge in [0.2, 0.25) is 5.91 Å². The highest BCUT2D eigenvalue weighted by Crippen LogP contribution is 2.32. The van der Waals surface area contributed by atoms with Crippen molar-refractivity contribution in [1.82, 2.24) is 5.32 Å². The van der Waals surface area contributed by atoms with Gasteiger partial charge in [0.05, 0.1) is 11.6 Å². The molecule has 20 heavy (non-hydrogen) atoms. The van der Waals surface area contributed by atoms with Gasteiger partial charge >= 0.3 is 6.18 Å². The first-order valence-corrected chi connectivity index (χ1v) is 6.65. The molecule has 0 bridgehead atoms. The van der Waals surface area contributed by atoms with Gasteiger partial charge in [-0.3, -0.25) is 4.79 Å². The minimum Gasteiger partial charge on any atom is -0.311 e.